The molecule has 0 saturated carbocycles. The number of tetrazole rings is 1. The quantitative estimate of drug-likeness (QED) is 0.578. The van der Waals surface area contributed by atoms with Crippen LogP contribution in [0, 0.1) is 0 Å². The molecule has 0 unspecified atom stereocenters. The summed E-state index contributed by atoms with van der Waals surface area (Å²) in [5.41, 5.74) is 2.23. The smallest absolute Gasteiger partial charge is 0.205 e. The van der Waals surface area contributed by atoms with Crippen LogP contribution in [0.4, 0.5) is 0 Å². The lowest BCUT2D eigenvalue weighted by Gasteiger charge is -2.04. The topological polar surface area (TPSA) is 69.4 Å². The van der Waals surface area contributed by atoms with Crippen molar-refractivity contribution in [3.8, 4) is 17.2 Å². The molecular formula is C16H14N6S. The summed E-state index contributed by atoms with van der Waals surface area (Å²) in [6.07, 6.45) is 1.52. The van der Waals surface area contributed by atoms with Crippen LogP contribution in [0.15, 0.2) is 42.0 Å². The number of hydrogen-bond donors (Lipinski definition) is 0. The third-order valence-electron chi connectivity index (χ3n) is 3.68. The van der Waals surface area contributed by atoms with Crippen LogP contribution in [0.3, 0.4) is 0 Å². The van der Waals surface area contributed by atoms with Gasteiger partial charge in [0, 0.05) is 5.56 Å². The molecule has 4 aromatic rings. The van der Waals surface area contributed by atoms with E-state index in [2.05, 4.69) is 51.4 Å². The molecule has 3 aromatic heterocycles. The molecule has 0 fully saturated rings. The maximum Gasteiger partial charge on any atom is 0.205 e. The van der Waals surface area contributed by atoms with Crippen molar-refractivity contribution < 1.29 is 0 Å². The van der Waals surface area contributed by atoms with Gasteiger partial charge >= 0.3 is 0 Å². The maximum atomic E-state index is 4.46. The fourth-order valence-electron chi connectivity index (χ4n) is 2.37. The summed E-state index contributed by atoms with van der Waals surface area (Å²) in [5, 5.41) is 15.7. The third-order valence-corrected chi connectivity index (χ3v) is 4.50. The van der Waals surface area contributed by atoms with E-state index in [4.69, 9.17) is 0 Å². The SMILES string of the molecule is CC(C)c1ccc(-c2nnn(-c3ncnc4sccc34)n2)cc1. The summed E-state index contributed by atoms with van der Waals surface area (Å²) in [5.74, 6) is 1.73. The van der Waals surface area contributed by atoms with Crippen molar-refractivity contribution in [1.29, 1.82) is 0 Å². The van der Waals surface area contributed by atoms with Gasteiger partial charge in [-0.3, -0.25) is 0 Å². The van der Waals surface area contributed by atoms with Crippen molar-refractivity contribution in [2.75, 3.05) is 0 Å². The summed E-state index contributed by atoms with van der Waals surface area (Å²) < 4.78 is 0. The highest BCUT2D eigenvalue weighted by atomic mass is 32.1. The van der Waals surface area contributed by atoms with Gasteiger partial charge in [0.05, 0.1) is 5.39 Å². The minimum atomic E-state index is 0.501. The second-order valence-corrected chi connectivity index (χ2v) is 6.41. The van der Waals surface area contributed by atoms with Crippen molar-refractivity contribution in [1.82, 2.24) is 30.2 Å². The van der Waals surface area contributed by atoms with Crippen LogP contribution in [0.2, 0.25) is 0 Å². The van der Waals surface area contributed by atoms with Gasteiger partial charge in [-0.15, -0.1) is 26.3 Å². The predicted molar refractivity (Wildman–Crippen MR) is 89.7 cm³/mol. The van der Waals surface area contributed by atoms with Gasteiger partial charge in [-0.05, 0) is 28.1 Å². The molecule has 1 aromatic carbocycles. The highest BCUT2D eigenvalue weighted by Gasteiger charge is 2.12. The largest absolute Gasteiger partial charge is 0.225 e. The molecule has 6 nitrogen and oxygen atoms in total. The number of benzene rings is 1. The number of rotatable bonds is 3. The van der Waals surface area contributed by atoms with Crippen LogP contribution in [0.5, 0.6) is 0 Å². The zero-order valence-corrected chi connectivity index (χ0v) is 13.5. The molecule has 7 heteroatoms. The fourth-order valence-corrected chi connectivity index (χ4v) is 3.10. The summed E-state index contributed by atoms with van der Waals surface area (Å²) in [6, 6.07) is 10.2. The average molecular weight is 322 g/mol. The zero-order valence-electron chi connectivity index (χ0n) is 12.7. The average Bonchev–Trinajstić information content (AvgIpc) is 3.24. The zero-order chi connectivity index (χ0) is 15.8. The van der Waals surface area contributed by atoms with Crippen molar-refractivity contribution in [2.24, 2.45) is 0 Å². The molecule has 0 aliphatic heterocycles. The number of thiophene rings is 1. The van der Waals surface area contributed by atoms with Gasteiger partial charge in [0.1, 0.15) is 11.2 Å². The second kappa shape index (κ2) is 5.51. The molecule has 0 atom stereocenters. The number of hydrogen-bond acceptors (Lipinski definition) is 6. The monoisotopic (exact) mass is 322 g/mol. The van der Waals surface area contributed by atoms with Crippen LogP contribution < -0.4 is 0 Å². The number of nitrogens with zero attached hydrogens (tertiary/aromatic N) is 6. The molecule has 23 heavy (non-hydrogen) atoms. The van der Waals surface area contributed by atoms with Crippen LogP contribution in [-0.2, 0) is 0 Å². The number of fused-ring (bicyclic) bond motifs is 1. The van der Waals surface area contributed by atoms with Gasteiger partial charge in [-0.2, -0.15) is 0 Å². The van der Waals surface area contributed by atoms with E-state index in [9.17, 15) is 0 Å². The molecule has 0 N–H and O–H groups in total. The van der Waals surface area contributed by atoms with Crippen LogP contribution >= 0.6 is 11.3 Å². The van der Waals surface area contributed by atoms with Crippen molar-refractivity contribution in [3.63, 3.8) is 0 Å². The lowest BCUT2D eigenvalue weighted by atomic mass is 10.0. The maximum absolute atomic E-state index is 4.46. The van der Waals surface area contributed by atoms with Gasteiger partial charge in [0.2, 0.25) is 5.82 Å². The van der Waals surface area contributed by atoms with Crippen LogP contribution in [0.25, 0.3) is 27.4 Å². The lowest BCUT2D eigenvalue weighted by Crippen LogP contribution is -2.02. The van der Waals surface area contributed by atoms with Gasteiger partial charge in [-0.1, -0.05) is 38.1 Å². The molecule has 0 amide bonds. The molecular weight excluding hydrogens is 308 g/mol. The Morgan fingerprint density at radius 1 is 1.04 bits per heavy atom. The molecule has 0 aliphatic rings. The lowest BCUT2D eigenvalue weighted by molar-refractivity contribution is 0.705. The standard InChI is InChI=1S/C16H14N6S/c1-10(2)11-3-5-12(6-4-11)14-19-21-22(20-14)15-13-7-8-23-16(13)18-9-17-15/h3-10H,1-2H3. The Morgan fingerprint density at radius 2 is 1.87 bits per heavy atom. The van der Waals surface area contributed by atoms with E-state index < -0.39 is 0 Å². The minimum absolute atomic E-state index is 0.501. The highest BCUT2D eigenvalue weighted by Crippen LogP contribution is 2.23. The summed E-state index contributed by atoms with van der Waals surface area (Å²) in [6.45, 7) is 4.34. The summed E-state index contributed by atoms with van der Waals surface area (Å²) >= 11 is 1.56. The van der Waals surface area contributed by atoms with Gasteiger partial charge in [0.15, 0.2) is 5.82 Å². The Bertz CT molecular complexity index is 954. The summed E-state index contributed by atoms with van der Waals surface area (Å²) in [4.78, 5) is 10.9. The Morgan fingerprint density at radius 3 is 2.65 bits per heavy atom. The van der Waals surface area contributed by atoms with Gasteiger partial charge in [-0.25, -0.2) is 9.97 Å². The minimum Gasteiger partial charge on any atom is -0.225 e. The predicted octanol–water partition coefficient (Wildman–Crippen LogP) is 3.46. The molecule has 114 valence electrons. The molecule has 4 rings (SSSR count). The molecule has 0 saturated heterocycles. The van der Waals surface area contributed by atoms with E-state index in [-0.39, 0.29) is 0 Å². The molecule has 0 aliphatic carbocycles. The first-order chi connectivity index (χ1) is 11.2. The molecule has 3 heterocycles. The van der Waals surface area contributed by atoms with Gasteiger partial charge < -0.3 is 0 Å². The Labute approximate surface area is 136 Å². The van der Waals surface area contributed by atoms with Crippen molar-refractivity contribution >= 4 is 21.6 Å². The summed E-state index contributed by atoms with van der Waals surface area (Å²) in [7, 11) is 0. The second-order valence-electron chi connectivity index (χ2n) is 5.52. The Balaban J connectivity index is 1.73. The van der Waals surface area contributed by atoms with Crippen molar-refractivity contribution in [2.45, 2.75) is 19.8 Å². The normalized spacial score (nSPS) is 11.4. The molecule has 0 spiro atoms. The molecule has 0 bridgehead atoms. The first-order valence-corrected chi connectivity index (χ1v) is 8.19. The van der Waals surface area contributed by atoms with E-state index in [0.717, 1.165) is 15.8 Å². The van der Waals surface area contributed by atoms with Crippen molar-refractivity contribution in [3.05, 3.63) is 47.6 Å². The van der Waals surface area contributed by atoms with Gasteiger partial charge in [0.25, 0.3) is 0 Å². The number of aromatic nitrogens is 6. The van der Waals surface area contributed by atoms with E-state index in [1.165, 1.54) is 16.7 Å². The van der Waals surface area contributed by atoms with E-state index in [1.54, 1.807) is 11.3 Å². The third kappa shape index (κ3) is 2.49. The van der Waals surface area contributed by atoms with Crippen LogP contribution in [-0.4, -0.2) is 30.2 Å². The Kier molecular flexibility index (Phi) is 3.34. The van der Waals surface area contributed by atoms with Crippen LogP contribution in [0.1, 0.15) is 25.3 Å². The molecule has 0 radical (unpaired) electrons. The highest BCUT2D eigenvalue weighted by molar-refractivity contribution is 7.16. The fraction of sp³-hybridized carbons (Fsp3) is 0.188. The van der Waals surface area contributed by atoms with E-state index >= 15 is 0 Å². The first kappa shape index (κ1) is 14.0. The Hall–Kier alpha value is -2.67. The first-order valence-electron chi connectivity index (χ1n) is 7.31. The van der Waals surface area contributed by atoms with E-state index in [1.807, 2.05) is 23.6 Å². The van der Waals surface area contributed by atoms with E-state index in [0.29, 0.717) is 17.6 Å².